The van der Waals surface area contributed by atoms with Gasteiger partial charge in [-0.1, -0.05) is 35.9 Å². The highest BCUT2D eigenvalue weighted by atomic mass is 35.5. The summed E-state index contributed by atoms with van der Waals surface area (Å²) >= 11 is 6.49. The van der Waals surface area contributed by atoms with E-state index in [4.69, 9.17) is 21.1 Å². The molecule has 0 spiro atoms. The van der Waals surface area contributed by atoms with Crippen LogP contribution < -0.4 is 5.32 Å². The van der Waals surface area contributed by atoms with Crippen LogP contribution in [0.4, 0.5) is 5.69 Å². The molecule has 1 aliphatic carbocycles. The lowest BCUT2D eigenvalue weighted by molar-refractivity contribution is 0.0591. The molecule has 1 aliphatic heterocycles. The fraction of sp³-hybridized carbons (Fsp3) is 0.273. The zero-order valence-corrected chi connectivity index (χ0v) is 16.3. The van der Waals surface area contributed by atoms with E-state index in [0.29, 0.717) is 16.1 Å². The van der Waals surface area contributed by atoms with Crippen LogP contribution in [0.15, 0.2) is 48.6 Å². The lowest BCUT2D eigenvalue weighted by atomic mass is 9.75. The molecule has 0 saturated carbocycles. The first-order valence-corrected chi connectivity index (χ1v) is 9.45. The SMILES string of the molecule is COC(=O)c1ccc([C@@H]2Nc3c(Cl)ccc(C(=O)OC)c3[C@@H]3C=CC[C@@H]32)cc1. The summed E-state index contributed by atoms with van der Waals surface area (Å²) in [6.45, 7) is 0. The van der Waals surface area contributed by atoms with E-state index in [2.05, 4.69) is 17.5 Å². The van der Waals surface area contributed by atoms with Crippen LogP contribution in [-0.2, 0) is 9.47 Å². The molecule has 2 aliphatic rings. The van der Waals surface area contributed by atoms with Gasteiger partial charge in [0.15, 0.2) is 0 Å². The van der Waals surface area contributed by atoms with Gasteiger partial charge in [-0.15, -0.1) is 0 Å². The van der Waals surface area contributed by atoms with E-state index in [-0.39, 0.29) is 29.8 Å². The zero-order chi connectivity index (χ0) is 19.8. The molecule has 2 aromatic rings. The van der Waals surface area contributed by atoms with Crippen molar-refractivity contribution in [1.29, 1.82) is 0 Å². The summed E-state index contributed by atoms with van der Waals surface area (Å²) in [5.74, 6) is -0.429. The molecule has 0 radical (unpaired) electrons. The van der Waals surface area contributed by atoms with Crippen LogP contribution in [0.1, 0.15) is 50.2 Å². The van der Waals surface area contributed by atoms with Crippen molar-refractivity contribution < 1.29 is 19.1 Å². The minimum atomic E-state index is -0.366. The molecule has 1 heterocycles. The molecule has 28 heavy (non-hydrogen) atoms. The van der Waals surface area contributed by atoms with Crippen molar-refractivity contribution in [1.82, 2.24) is 0 Å². The van der Waals surface area contributed by atoms with E-state index >= 15 is 0 Å². The Morgan fingerprint density at radius 1 is 1.04 bits per heavy atom. The van der Waals surface area contributed by atoms with Crippen molar-refractivity contribution in [3.63, 3.8) is 0 Å². The Morgan fingerprint density at radius 2 is 1.75 bits per heavy atom. The highest BCUT2D eigenvalue weighted by Gasteiger charge is 2.41. The van der Waals surface area contributed by atoms with Gasteiger partial charge in [0.2, 0.25) is 0 Å². The number of rotatable bonds is 3. The number of methoxy groups -OCH3 is 2. The molecular formula is C22H20ClNO4. The number of fused-ring (bicyclic) bond motifs is 3. The number of benzene rings is 2. The highest BCUT2D eigenvalue weighted by molar-refractivity contribution is 6.33. The van der Waals surface area contributed by atoms with E-state index in [1.54, 1.807) is 24.3 Å². The van der Waals surface area contributed by atoms with Gasteiger partial charge in [0.05, 0.1) is 42.1 Å². The number of allylic oxidation sites excluding steroid dienone is 2. The summed E-state index contributed by atoms with van der Waals surface area (Å²) in [5.41, 5.74) is 3.75. The van der Waals surface area contributed by atoms with Crippen LogP contribution in [-0.4, -0.2) is 26.2 Å². The fourth-order valence-corrected chi connectivity index (χ4v) is 4.46. The Kier molecular flexibility index (Phi) is 4.85. The third kappa shape index (κ3) is 2.96. The van der Waals surface area contributed by atoms with Crippen molar-refractivity contribution in [2.75, 3.05) is 19.5 Å². The third-order valence-corrected chi connectivity index (χ3v) is 5.88. The van der Waals surface area contributed by atoms with Crippen molar-refractivity contribution in [2.24, 2.45) is 5.92 Å². The topological polar surface area (TPSA) is 64.6 Å². The van der Waals surface area contributed by atoms with Gasteiger partial charge in [0, 0.05) is 5.92 Å². The molecule has 0 saturated heterocycles. The second-order valence-corrected chi connectivity index (χ2v) is 7.37. The van der Waals surface area contributed by atoms with Crippen LogP contribution >= 0.6 is 11.6 Å². The van der Waals surface area contributed by atoms with Crippen molar-refractivity contribution >= 4 is 29.2 Å². The van der Waals surface area contributed by atoms with Crippen molar-refractivity contribution in [3.8, 4) is 0 Å². The Morgan fingerprint density at radius 3 is 2.43 bits per heavy atom. The van der Waals surface area contributed by atoms with E-state index in [0.717, 1.165) is 23.2 Å². The molecule has 6 heteroatoms. The van der Waals surface area contributed by atoms with Crippen LogP contribution in [0.5, 0.6) is 0 Å². The van der Waals surface area contributed by atoms with E-state index in [1.165, 1.54) is 14.2 Å². The summed E-state index contributed by atoms with van der Waals surface area (Å²) in [6, 6.07) is 10.8. The second kappa shape index (κ2) is 7.32. The molecule has 0 unspecified atom stereocenters. The number of anilines is 1. The summed E-state index contributed by atoms with van der Waals surface area (Å²) in [7, 11) is 2.75. The minimum Gasteiger partial charge on any atom is -0.465 e. The van der Waals surface area contributed by atoms with Gasteiger partial charge in [-0.05, 0) is 47.7 Å². The van der Waals surface area contributed by atoms with Gasteiger partial charge in [-0.2, -0.15) is 0 Å². The first-order valence-electron chi connectivity index (χ1n) is 9.07. The largest absolute Gasteiger partial charge is 0.465 e. The first kappa shape index (κ1) is 18.6. The molecule has 0 amide bonds. The Bertz CT molecular complexity index is 967. The molecule has 0 aromatic heterocycles. The smallest absolute Gasteiger partial charge is 0.338 e. The first-order chi connectivity index (χ1) is 13.5. The number of hydrogen-bond acceptors (Lipinski definition) is 5. The monoisotopic (exact) mass is 397 g/mol. The molecule has 0 fully saturated rings. The average molecular weight is 398 g/mol. The normalized spacial score (nSPS) is 22.0. The molecule has 4 rings (SSSR count). The summed E-state index contributed by atoms with van der Waals surface area (Å²) in [5, 5.41) is 4.11. The predicted octanol–water partition coefficient (Wildman–Crippen LogP) is 4.74. The maximum Gasteiger partial charge on any atom is 0.338 e. The minimum absolute atomic E-state index is 0.00425. The third-order valence-electron chi connectivity index (χ3n) is 5.57. The lowest BCUT2D eigenvalue weighted by Crippen LogP contribution is -2.30. The maximum atomic E-state index is 12.3. The van der Waals surface area contributed by atoms with E-state index < -0.39 is 0 Å². The zero-order valence-electron chi connectivity index (χ0n) is 15.6. The summed E-state index contributed by atoms with van der Waals surface area (Å²) in [4.78, 5) is 24.0. The number of carbonyl (C=O) groups is 2. The fourth-order valence-electron chi connectivity index (χ4n) is 4.24. The highest BCUT2D eigenvalue weighted by Crippen LogP contribution is 2.52. The molecule has 3 atom stereocenters. The standard InChI is InChI=1S/C22H20ClNO4/c1-27-21(25)13-8-6-12(7-9-13)19-15-5-3-4-14(15)18-16(22(26)28-2)10-11-17(23)20(18)24-19/h3-4,6-11,14-15,19,24H,5H2,1-2H3/t14-,15+,19+/m1/s1. The van der Waals surface area contributed by atoms with Gasteiger partial charge in [-0.25, -0.2) is 9.59 Å². The number of hydrogen-bond donors (Lipinski definition) is 1. The summed E-state index contributed by atoms with van der Waals surface area (Å²) < 4.78 is 9.74. The maximum absolute atomic E-state index is 12.3. The van der Waals surface area contributed by atoms with Crippen LogP contribution in [0.2, 0.25) is 5.02 Å². The number of nitrogens with one attached hydrogen (secondary N) is 1. The van der Waals surface area contributed by atoms with Crippen molar-refractivity contribution in [2.45, 2.75) is 18.4 Å². The molecule has 144 valence electrons. The molecule has 2 aromatic carbocycles. The molecule has 5 nitrogen and oxygen atoms in total. The van der Waals surface area contributed by atoms with Crippen LogP contribution in [0.3, 0.4) is 0 Å². The molecular weight excluding hydrogens is 378 g/mol. The van der Waals surface area contributed by atoms with Gasteiger partial charge in [-0.3, -0.25) is 0 Å². The van der Waals surface area contributed by atoms with Crippen LogP contribution in [0.25, 0.3) is 0 Å². The van der Waals surface area contributed by atoms with Gasteiger partial charge < -0.3 is 14.8 Å². The number of carbonyl (C=O) groups excluding carboxylic acids is 2. The predicted molar refractivity (Wildman–Crippen MR) is 107 cm³/mol. The number of halogens is 1. The number of esters is 2. The number of ether oxygens (including phenoxy) is 2. The quantitative estimate of drug-likeness (QED) is 0.598. The van der Waals surface area contributed by atoms with Crippen molar-refractivity contribution in [3.05, 3.63) is 75.8 Å². The van der Waals surface area contributed by atoms with E-state index in [1.807, 2.05) is 12.1 Å². The second-order valence-electron chi connectivity index (χ2n) is 6.96. The summed E-state index contributed by atoms with van der Waals surface area (Å²) in [6.07, 6.45) is 5.17. The molecule has 0 bridgehead atoms. The Hall–Kier alpha value is -2.79. The van der Waals surface area contributed by atoms with Gasteiger partial charge in [0.25, 0.3) is 0 Å². The molecule has 1 N–H and O–H groups in total. The Balaban J connectivity index is 1.77. The Labute approximate surface area is 168 Å². The van der Waals surface area contributed by atoms with Gasteiger partial charge in [0.1, 0.15) is 0 Å². The van der Waals surface area contributed by atoms with E-state index in [9.17, 15) is 9.59 Å². The van der Waals surface area contributed by atoms with Crippen LogP contribution in [0, 0.1) is 5.92 Å². The lowest BCUT2D eigenvalue weighted by Gasteiger charge is -2.38. The average Bonchev–Trinajstić information content (AvgIpc) is 3.22. The van der Waals surface area contributed by atoms with Gasteiger partial charge >= 0.3 is 11.9 Å².